The van der Waals surface area contributed by atoms with Gasteiger partial charge in [-0.05, 0) is 29.7 Å². The van der Waals surface area contributed by atoms with Crippen molar-refractivity contribution in [2.75, 3.05) is 7.11 Å². The zero-order valence-electron chi connectivity index (χ0n) is 11.2. The summed E-state index contributed by atoms with van der Waals surface area (Å²) in [6.07, 6.45) is 1.96. The third kappa shape index (κ3) is 2.21. The monoisotopic (exact) mass is 271 g/mol. The molecule has 4 N–H and O–H groups in total. The van der Waals surface area contributed by atoms with Crippen LogP contribution in [0, 0.1) is 0 Å². The van der Waals surface area contributed by atoms with Crippen LogP contribution in [0.2, 0.25) is 0 Å². The number of hydrogen-bond donors (Lipinski definition) is 2. The summed E-state index contributed by atoms with van der Waals surface area (Å²) in [4.78, 5) is 4.12. The van der Waals surface area contributed by atoms with Gasteiger partial charge >= 0.3 is 0 Å². The summed E-state index contributed by atoms with van der Waals surface area (Å²) in [6, 6.07) is 9.55. The molecule has 1 aliphatic rings. The average molecular weight is 271 g/mol. The van der Waals surface area contributed by atoms with Crippen LogP contribution in [0.4, 0.5) is 0 Å². The second kappa shape index (κ2) is 5.11. The summed E-state index contributed by atoms with van der Waals surface area (Å²) in [5, 5.41) is 0. The van der Waals surface area contributed by atoms with Crippen LogP contribution in [0.15, 0.2) is 36.5 Å². The lowest BCUT2D eigenvalue weighted by molar-refractivity contribution is 0.158. The number of benzene rings is 1. The van der Waals surface area contributed by atoms with Crippen LogP contribution < -0.4 is 20.9 Å². The van der Waals surface area contributed by atoms with Gasteiger partial charge in [-0.2, -0.15) is 0 Å². The normalized spacial score (nSPS) is 20.9. The second-order valence-corrected chi connectivity index (χ2v) is 4.82. The minimum atomic E-state index is -0.454. The highest BCUT2D eigenvalue weighted by Crippen LogP contribution is 2.35. The lowest BCUT2D eigenvalue weighted by Crippen LogP contribution is -2.49. The van der Waals surface area contributed by atoms with E-state index >= 15 is 0 Å². The highest BCUT2D eigenvalue weighted by Gasteiger charge is 2.26. The topological polar surface area (TPSA) is 83.4 Å². The molecule has 0 radical (unpaired) electrons. The van der Waals surface area contributed by atoms with Crippen molar-refractivity contribution >= 4 is 0 Å². The van der Waals surface area contributed by atoms with E-state index in [4.69, 9.17) is 20.9 Å². The summed E-state index contributed by atoms with van der Waals surface area (Å²) < 4.78 is 10.8. The molecular formula is C15H17N3O2. The molecule has 1 aliphatic heterocycles. The molecule has 5 nitrogen and oxygen atoms in total. The summed E-state index contributed by atoms with van der Waals surface area (Å²) in [7, 11) is 1.60. The molecule has 104 valence electrons. The van der Waals surface area contributed by atoms with Gasteiger partial charge in [0.25, 0.3) is 0 Å². The number of hydrogen-bond acceptors (Lipinski definition) is 5. The van der Waals surface area contributed by atoms with Crippen LogP contribution in [0.1, 0.15) is 5.56 Å². The Morgan fingerprint density at radius 3 is 2.95 bits per heavy atom. The molecule has 0 aliphatic carbocycles. The average Bonchev–Trinajstić information content (AvgIpc) is 2.48. The Morgan fingerprint density at radius 1 is 1.30 bits per heavy atom. The Hall–Kier alpha value is -2.11. The third-order valence-electron chi connectivity index (χ3n) is 3.51. The highest BCUT2D eigenvalue weighted by atomic mass is 16.5. The van der Waals surface area contributed by atoms with Gasteiger partial charge in [-0.3, -0.25) is 5.73 Å². The molecule has 0 amide bonds. The van der Waals surface area contributed by atoms with Gasteiger partial charge in [0.1, 0.15) is 5.75 Å². The fourth-order valence-corrected chi connectivity index (χ4v) is 2.43. The van der Waals surface area contributed by atoms with Crippen LogP contribution in [-0.4, -0.2) is 24.4 Å². The van der Waals surface area contributed by atoms with Crippen molar-refractivity contribution in [1.29, 1.82) is 0 Å². The zero-order valence-corrected chi connectivity index (χ0v) is 11.2. The largest absolute Gasteiger partial charge is 0.481 e. The van der Waals surface area contributed by atoms with Crippen LogP contribution >= 0.6 is 0 Å². The van der Waals surface area contributed by atoms with Gasteiger partial charge in [-0.25, -0.2) is 4.98 Å². The number of fused-ring (bicyclic) bond motifs is 1. The number of methoxy groups -OCH3 is 1. The summed E-state index contributed by atoms with van der Waals surface area (Å²) in [5.41, 5.74) is 15.0. The van der Waals surface area contributed by atoms with Gasteiger partial charge < -0.3 is 15.2 Å². The molecule has 2 heterocycles. The number of pyridine rings is 1. The molecule has 2 aromatic rings. The molecule has 0 spiro atoms. The Labute approximate surface area is 117 Å². The standard InChI is InChI=1S/C15H17N3O2/c1-19-14-7-9(5-6-18-14)10-3-2-4-13-11(10)8-12(16)15(17)20-13/h2-7,12,15H,8,16-17H2,1H3/t12-,15?/m0/s1. The maximum Gasteiger partial charge on any atom is 0.213 e. The van der Waals surface area contributed by atoms with Gasteiger partial charge in [0.2, 0.25) is 5.88 Å². The fourth-order valence-electron chi connectivity index (χ4n) is 2.43. The number of rotatable bonds is 2. The van der Waals surface area contributed by atoms with Gasteiger partial charge in [0.15, 0.2) is 6.23 Å². The minimum absolute atomic E-state index is 0.201. The van der Waals surface area contributed by atoms with Crippen LogP contribution in [0.3, 0.4) is 0 Å². The van der Waals surface area contributed by atoms with Crippen molar-refractivity contribution in [1.82, 2.24) is 4.98 Å². The first-order chi connectivity index (χ1) is 9.69. The molecule has 0 fully saturated rings. The SMILES string of the molecule is COc1cc(-c2cccc3c2C[C@H](N)C(N)O3)ccn1. The van der Waals surface area contributed by atoms with Crippen molar-refractivity contribution in [3.05, 3.63) is 42.1 Å². The summed E-state index contributed by atoms with van der Waals surface area (Å²) >= 11 is 0. The molecule has 0 bridgehead atoms. The van der Waals surface area contributed by atoms with Gasteiger partial charge in [-0.15, -0.1) is 0 Å². The quantitative estimate of drug-likeness (QED) is 0.860. The third-order valence-corrected chi connectivity index (χ3v) is 3.51. The van der Waals surface area contributed by atoms with E-state index in [1.807, 2.05) is 30.3 Å². The van der Waals surface area contributed by atoms with Crippen molar-refractivity contribution in [3.63, 3.8) is 0 Å². The van der Waals surface area contributed by atoms with Gasteiger partial charge in [-0.1, -0.05) is 12.1 Å². The van der Waals surface area contributed by atoms with E-state index in [0.717, 1.165) is 22.4 Å². The number of ether oxygens (including phenoxy) is 2. The smallest absolute Gasteiger partial charge is 0.213 e. The van der Waals surface area contributed by atoms with E-state index in [9.17, 15) is 0 Å². The first kappa shape index (κ1) is 12.9. The molecule has 0 saturated heterocycles. The zero-order chi connectivity index (χ0) is 14.1. The van der Waals surface area contributed by atoms with Gasteiger partial charge in [0.05, 0.1) is 13.2 Å². The lowest BCUT2D eigenvalue weighted by atomic mass is 9.93. The maximum absolute atomic E-state index is 6.01. The van der Waals surface area contributed by atoms with Crippen molar-refractivity contribution < 1.29 is 9.47 Å². The Kier molecular flexibility index (Phi) is 3.30. The Morgan fingerprint density at radius 2 is 2.15 bits per heavy atom. The van der Waals surface area contributed by atoms with E-state index in [1.165, 1.54) is 0 Å². The molecule has 1 aromatic carbocycles. The van der Waals surface area contributed by atoms with Crippen molar-refractivity contribution in [3.8, 4) is 22.8 Å². The molecule has 3 rings (SSSR count). The Balaban J connectivity index is 2.08. The second-order valence-electron chi connectivity index (χ2n) is 4.82. The molecule has 5 heteroatoms. The predicted octanol–water partition coefficient (Wildman–Crippen LogP) is 1.30. The fraction of sp³-hybridized carbons (Fsp3) is 0.267. The van der Waals surface area contributed by atoms with Crippen molar-refractivity contribution in [2.45, 2.75) is 18.7 Å². The van der Waals surface area contributed by atoms with E-state index in [-0.39, 0.29) is 6.04 Å². The molecule has 20 heavy (non-hydrogen) atoms. The van der Waals surface area contributed by atoms with E-state index < -0.39 is 6.23 Å². The number of nitrogens with zero attached hydrogens (tertiary/aromatic N) is 1. The first-order valence-corrected chi connectivity index (χ1v) is 6.49. The molecule has 0 saturated carbocycles. The van der Waals surface area contributed by atoms with Crippen LogP contribution in [0.25, 0.3) is 11.1 Å². The van der Waals surface area contributed by atoms with Crippen LogP contribution in [-0.2, 0) is 6.42 Å². The summed E-state index contributed by atoms with van der Waals surface area (Å²) in [6.45, 7) is 0. The highest BCUT2D eigenvalue weighted by molar-refractivity contribution is 5.71. The first-order valence-electron chi connectivity index (χ1n) is 6.49. The Bertz CT molecular complexity index is 630. The van der Waals surface area contributed by atoms with Crippen LogP contribution in [0.5, 0.6) is 11.6 Å². The number of nitrogens with two attached hydrogens (primary N) is 2. The maximum atomic E-state index is 6.01. The minimum Gasteiger partial charge on any atom is -0.481 e. The van der Waals surface area contributed by atoms with E-state index in [0.29, 0.717) is 12.3 Å². The molecular weight excluding hydrogens is 254 g/mol. The van der Waals surface area contributed by atoms with Crippen molar-refractivity contribution in [2.24, 2.45) is 11.5 Å². The van der Waals surface area contributed by atoms with E-state index in [1.54, 1.807) is 13.3 Å². The van der Waals surface area contributed by atoms with Gasteiger partial charge in [0, 0.05) is 17.8 Å². The molecule has 1 unspecified atom stereocenters. The lowest BCUT2D eigenvalue weighted by Gasteiger charge is -2.30. The number of aromatic nitrogens is 1. The predicted molar refractivity (Wildman–Crippen MR) is 76.5 cm³/mol. The van der Waals surface area contributed by atoms with E-state index in [2.05, 4.69) is 4.98 Å². The molecule has 1 aromatic heterocycles. The summed E-state index contributed by atoms with van der Waals surface area (Å²) in [5.74, 6) is 1.38. The molecule has 2 atom stereocenters.